The van der Waals surface area contributed by atoms with Gasteiger partial charge in [-0.15, -0.1) is 0 Å². The van der Waals surface area contributed by atoms with Gasteiger partial charge in [-0.25, -0.2) is 0 Å². The molecule has 1 aromatic heterocycles. The number of anilines is 1. The Hall–Kier alpha value is -2.34. The maximum atomic E-state index is 14.1. The van der Waals surface area contributed by atoms with E-state index >= 15 is 0 Å². The number of halogens is 2. The lowest BCUT2D eigenvalue weighted by Gasteiger charge is -2.30. The molecule has 3 aromatic rings. The minimum atomic E-state index is -0.292. The monoisotopic (exact) mass is 510 g/mol. The number of amides is 1. The molecule has 1 amide bonds. The molecule has 0 N–H and O–H groups in total. The summed E-state index contributed by atoms with van der Waals surface area (Å²) in [6.07, 6.45) is 2.35. The predicted molar refractivity (Wildman–Crippen MR) is 143 cm³/mol. The molecule has 3 heterocycles. The van der Waals surface area contributed by atoms with Crippen LogP contribution >= 0.6 is 23.2 Å². The molecule has 2 atom stereocenters. The van der Waals surface area contributed by atoms with Gasteiger partial charge in [0.15, 0.2) is 5.69 Å². The van der Waals surface area contributed by atoms with Crippen molar-refractivity contribution in [2.45, 2.75) is 65.1 Å². The average Bonchev–Trinajstić information content (AvgIpc) is 3.44. The molecular weight excluding hydrogens is 479 g/mol. The fourth-order valence-electron chi connectivity index (χ4n) is 5.77. The van der Waals surface area contributed by atoms with Gasteiger partial charge in [-0.05, 0) is 87.2 Å². The molecule has 0 bridgehead atoms. The van der Waals surface area contributed by atoms with Gasteiger partial charge in [-0.1, -0.05) is 49.2 Å². The van der Waals surface area contributed by atoms with Crippen molar-refractivity contribution in [3.8, 4) is 0 Å². The van der Waals surface area contributed by atoms with Gasteiger partial charge in [0.1, 0.15) is 0 Å². The van der Waals surface area contributed by atoms with E-state index in [2.05, 4.69) is 37.4 Å². The Balaban J connectivity index is 1.72. The van der Waals surface area contributed by atoms with Crippen molar-refractivity contribution in [2.75, 3.05) is 18.5 Å². The summed E-state index contributed by atoms with van der Waals surface area (Å²) in [6.45, 7) is 10.4. The summed E-state index contributed by atoms with van der Waals surface area (Å²) < 4.78 is 2.11. The van der Waals surface area contributed by atoms with Gasteiger partial charge in [0.05, 0.1) is 12.6 Å². The number of fused-ring (bicyclic) bond motifs is 1. The number of benzene rings is 2. The van der Waals surface area contributed by atoms with Crippen molar-refractivity contribution in [1.82, 2.24) is 14.7 Å². The van der Waals surface area contributed by atoms with Gasteiger partial charge in [0.2, 0.25) is 0 Å². The zero-order valence-corrected chi connectivity index (χ0v) is 22.5. The Labute approximate surface area is 217 Å². The SMILES string of the molecule is Cc1cc(Cl)ccc1C1c2c(nn(C[C@@H]3CCCN3C)c2C(C)C)C(=O)N1c1cc(Cl)ccc1C. The first kappa shape index (κ1) is 24.4. The fourth-order valence-corrected chi connectivity index (χ4v) is 6.16. The van der Waals surface area contributed by atoms with E-state index in [4.69, 9.17) is 28.3 Å². The van der Waals surface area contributed by atoms with Crippen LogP contribution in [0, 0.1) is 13.8 Å². The molecule has 5 rings (SSSR count). The molecule has 1 saturated heterocycles. The topological polar surface area (TPSA) is 41.4 Å². The minimum Gasteiger partial charge on any atom is -0.302 e. The van der Waals surface area contributed by atoms with Crippen LogP contribution in [-0.4, -0.2) is 40.2 Å². The summed E-state index contributed by atoms with van der Waals surface area (Å²) in [7, 11) is 2.18. The van der Waals surface area contributed by atoms with Crippen LogP contribution in [0.15, 0.2) is 36.4 Å². The number of hydrogen-bond donors (Lipinski definition) is 0. The highest BCUT2D eigenvalue weighted by Gasteiger charge is 2.45. The molecule has 2 aromatic carbocycles. The van der Waals surface area contributed by atoms with Crippen LogP contribution in [0.3, 0.4) is 0 Å². The number of nitrogens with zero attached hydrogens (tertiary/aromatic N) is 4. The molecule has 2 aliphatic rings. The number of likely N-dealkylation sites (tertiary alicyclic amines) is 1. The molecule has 184 valence electrons. The normalized spacial score (nSPS) is 20.3. The van der Waals surface area contributed by atoms with Gasteiger partial charge in [-0.2, -0.15) is 5.10 Å². The second kappa shape index (κ2) is 9.27. The maximum Gasteiger partial charge on any atom is 0.280 e. The minimum absolute atomic E-state index is 0.0786. The first-order valence-electron chi connectivity index (χ1n) is 12.3. The van der Waals surface area contributed by atoms with E-state index in [9.17, 15) is 4.79 Å². The molecule has 0 radical (unpaired) electrons. The fraction of sp³-hybridized carbons (Fsp3) is 0.429. The Bertz CT molecular complexity index is 1300. The van der Waals surface area contributed by atoms with Crippen molar-refractivity contribution in [3.05, 3.63) is 80.1 Å². The molecular formula is C28H32Cl2N4O. The molecule has 1 unspecified atom stereocenters. The van der Waals surface area contributed by atoms with Gasteiger partial charge in [0.25, 0.3) is 5.91 Å². The smallest absolute Gasteiger partial charge is 0.280 e. The van der Waals surface area contributed by atoms with E-state index in [1.807, 2.05) is 48.2 Å². The average molecular weight is 511 g/mol. The van der Waals surface area contributed by atoms with Crippen molar-refractivity contribution in [1.29, 1.82) is 0 Å². The first-order chi connectivity index (χ1) is 16.7. The van der Waals surface area contributed by atoms with Crippen molar-refractivity contribution in [3.63, 3.8) is 0 Å². The Morgan fingerprint density at radius 3 is 2.43 bits per heavy atom. The van der Waals surface area contributed by atoms with Crippen LogP contribution in [0.2, 0.25) is 10.0 Å². The predicted octanol–water partition coefficient (Wildman–Crippen LogP) is 6.77. The summed E-state index contributed by atoms with van der Waals surface area (Å²) in [4.78, 5) is 18.4. The van der Waals surface area contributed by atoms with Gasteiger partial charge < -0.3 is 4.90 Å². The number of carbonyl (C=O) groups excluding carboxylic acids is 1. The van der Waals surface area contributed by atoms with Crippen molar-refractivity contribution in [2.24, 2.45) is 0 Å². The van der Waals surface area contributed by atoms with Crippen molar-refractivity contribution >= 4 is 34.8 Å². The molecule has 1 fully saturated rings. The van der Waals surface area contributed by atoms with E-state index < -0.39 is 0 Å². The van der Waals surface area contributed by atoms with Gasteiger partial charge in [-0.3, -0.25) is 14.4 Å². The molecule has 0 saturated carbocycles. The summed E-state index contributed by atoms with van der Waals surface area (Å²) in [5.74, 6) is 0.131. The largest absolute Gasteiger partial charge is 0.302 e. The van der Waals surface area contributed by atoms with E-state index in [1.54, 1.807) is 0 Å². The van der Waals surface area contributed by atoms with E-state index in [0.717, 1.165) is 53.1 Å². The third-order valence-electron chi connectivity index (χ3n) is 7.54. The maximum absolute atomic E-state index is 14.1. The molecule has 35 heavy (non-hydrogen) atoms. The third kappa shape index (κ3) is 4.18. The highest BCUT2D eigenvalue weighted by molar-refractivity contribution is 6.31. The quantitative estimate of drug-likeness (QED) is 0.380. The summed E-state index contributed by atoms with van der Waals surface area (Å²) >= 11 is 12.7. The molecule has 5 nitrogen and oxygen atoms in total. The second-order valence-electron chi connectivity index (χ2n) is 10.3. The zero-order chi connectivity index (χ0) is 25.0. The molecule has 2 aliphatic heterocycles. The molecule has 0 aliphatic carbocycles. The van der Waals surface area contributed by atoms with Crippen LogP contribution in [0.1, 0.15) is 77.1 Å². The summed E-state index contributed by atoms with van der Waals surface area (Å²) in [5.41, 5.74) is 6.61. The first-order valence-corrected chi connectivity index (χ1v) is 13.1. The van der Waals surface area contributed by atoms with Crippen molar-refractivity contribution < 1.29 is 4.79 Å². The Morgan fingerprint density at radius 1 is 1.06 bits per heavy atom. The van der Waals surface area contributed by atoms with E-state index in [0.29, 0.717) is 21.8 Å². The van der Waals surface area contributed by atoms with Crippen LogP contribution in [0.25, 0.3) is 0 Å². The lowest BCUT2D eigenvalue weighted by atomic mass is 9.91. The Kier molecular flexibility index (Phi) is 6.45. The standard InChI is InChI=1S/C28H32Cl2N4O/c1-16(2)26-24-25(31-33(26)15-21-7-6-12-32(21)5)28(35)34(23-14-20(30)9-8-17(23)3)27(24)22-11-10-19(29)13-18(22)4/h8-11,13-14,16,21,27H,6-7,12,15H2,1-5H3/t21-,27?/m0/s1. The number of aromatic nitrogens is 2. The zero-order valence-electron chi connectivity index (χ0n) is 21.0. The summed E-state index contributed by atoms with van der Waals surface area (Å²) in [6, 6.07) is 11.8. The Morgan fingerprint density at radius 2 is 1.77 bits per heavy atom. The van der Waals surface area contributed by atoms with Crippen LogP contribution in [-0.2, 0) is 6.54 Å². The highest BCUT2D eigenvalue weighted by Crippen LogP contribution is 2.47. The number of hydrogen-bond acceptors (Lipinski definition) is 3. The lowest BCUT2D eigenvalue weighted by Crippen LogP contribution is -2.33. The van der Waals surface area contributed by atoms with E-state index in [-0.39, 0.29) is 17.9 Å². The lowest BCUT2D eigenvalue weighted by molar-refractivity contribution is 0.0987. The van der Waals surface area contributed by atoms with Gasteiger partial charge in [0, 0.05) is 33.0 Å². The number of rotatable bonds is 5. The highest BCUT2D eigenvalue weighted by atomic mass is 35.5. The third-order valence-corrected chi connectivity index (χ3v) is 8.01. The second-order valence-corrected chi connectivity index (χ2v) is 11.1. The number of carbonyl (C=O) groups is 1. The van der Waals surface area contributed by atoms with E-state index in [1.165, 1.54) is 6.42 Å². The summed E-state index contributed by atoms with van der Waals surface area (Å²) in [5, 5.41) is 6.27. The number of aryl methyl sites for hydroxylation is 2. The van der Waals surface area contributed by atoms with Crippen LogP contribution < -0.4 is 4.90 Å². The van der Waals surface area contributed by atoms with Crippen LogP contribution in [0.5, 0.6) is 0 Å². The van der Waals surface area contributed by atoms with Crippen LogP contribution in [0.4, 0.5) is 5.69 Å². The van der Waals surface area contributed by atoms with Gasteiger partial charge >= 0.3 is 0 Å². The number of likely N-dealkylation sites (N-methyl/N-ethyl adjacent to an activating group) is 1. The molecule has 7 heteroatoms. The molecule has 0 spiro atoms.